The molecule has 96 valence electrons. The van der Waals surface area contributed by atoms with E-state index in [-0.39, 0.29) is 21.8 Å². The van der Waals surface area contributed by atoms with Gasteiger partial charge in [-0.25, -0.2) is 8.78 Å². The molecule has 0 unspecified atom stereocenters. The van der Waals surface area contributed by atoms with Crippen LogP contribution in [0, 0.1) is 11.6 Å². The molecule has 0 aromatic heterocycles. The first-order chi connectivity index (χ1) is 9.04. The Hall–Kier alpha value is -1.94. The number of carbonyl (C=O) groups excluding carboxylic acids is 1. The standard InChI is InChI=1S/C15H10F2OS/c1-2-13(18)11-7-8-12(17)14(15(11)19)9-3-5-10(16)6-4-9/h2-8,19H,1H2. The molecule has 0 fully saturated rings. The molecular formula is C15H10F2OS. The van der Waals surface area contributed by atoms with Crippen LogP contribution < -0.4 is 0 Å². The Morgan fingerprint density at radius 1 is 1.11 bits per heavy atom. The number of hydrogen-bond donors (Lipinski definition) is 1. The smallest absolute Gasteiger partial charge is 0.186 e. The molecule has 2 rings (SSSR count). The maximum atomic E-state index is 13.9. The van der Waals surface area contributed by atoms with E-state index in [1.54, 1.807) is 0 Å². The highest BCUT2D eigenvalue weighted by Crippen LogP contribution is 2.32. The summed E-state index contributed by atoms with van der Waals surface area (Å²) in [6.45, 7) is 3.39. The van der Waals surface area contributed by atoms with Crippen molar-refractivity contribution in [3.63, 3.8) is 0 Å². The Balaban J connectivity index is 2.65. The molecule has 0 saturated heterocycles. The normalized spacial score (nSPS) is 10.3. The molecule has 0 aliphatic rings. The zero-order chi connectivity index (χ0) is 14.0. The lowest BCUT2D eigenvalue weighted by atomic mass is 10.00. The molecule has 19 heavy (non-hydrogen) atoms. The predicted octanol–water partition coefficient (Wildman–Crippen LogP) is 4.29. The fraction of sp³-hybridized carbons (Fsp3) is 0. The summed E-state index contributed by atoms with van der Waals surface area (Å²) in [5.74, 6) is -1.27. The Morgan fingerprint density at radius 2 is 1.74 bits per heavy atom. The molecule has 0 radical (unpaired) electrons. The molecule has 4 heteroatoms. The summed E-state index contributed by atoms with van der Waals surface area (Å²) in [5.41, 5.74) is 0.901. The van der Waals surface area contributed by atoms with Gasteiger partial charge in [-0.1, -0.05) is 18.7 Å². The first-order valence-corrected chi connectivity index (χ1v) is 5.93. The summed E-state index contributed by atoms with van der Waals surface area (Å²) in [5, 5.41) is 0. The van der Waals surface area contributed by atoms with Gasteiger partial charge in [-0.3, -0.25) is 4.79 Å². The SMILES string of the molecule is C=CC(=O)c1ccc(F)c(-c2ccc(F)cc2)c1S. The predicted molar refractivity (Wildman–Crippen MR) is 73.6 cm³/mol. The molecular weight excluding hydrogens is 266 g/mol. The Kier molecular flexibility index (Phi) is 3.81. The molecule has 0 bridgehead atoms. The molecule has 0 saturated carbocycles. The van der Waals surface area contributed by atoms with E-state index in [9.17, 15) is 13.6 Å². The Labute approximate surface area is 115 Å². The fourth-order valence-electron chi connectivity index (χ4n) is 1.77. The van der Waals surface area contributed by atoms with Gasteiger partial charge in [-0.05, 0) is 35.9 Å². The van der Waals surface area contributed by atoms with Crippen LogP contribution in [0.3, 0.4) is 0 Å². The first kappa shape index (κ1) is 13.5. The van der Waals surface area contributed by atoms with Gasteiger partial charge >= 0.3 is 0 Å². The van der Waals surface area contributed by atoms with Crippen molar-refractivity contribution in [2.75, 3.05) is 0 Å². The molecule has 2 aromatic rings. The maximum absolute atomic E-state index is 13.9. The highest BCUT2D eigenvalue weighted by atomic mass is 32.1. The third-order valence-electron chi connectivity index (χ3n) is 2.71. The van der Waals surface area contributed by atoms with Gasteiger partial charge in [0.25, 0.3) is 0 Å². The number of benzene rings is 2. The molecule has 0 heterocycles. The van der Waals surface area contributed by atoms with E-state index < -0.39 is 11.6 Å². The third-order valence-corrected chi connectivity index (χ3v) is 3.18. The fourth-order valence-corrected chi connectivity index (χ4v) is 2.19. The van der Waals surface area contributed by atoms with Crippen LogP contribution in [0.4, 0.5) is 8.78 Å². The second-order valence-corrected chi connectivity index (χ2v) is 4.34. The molecule has 0 aliphatic heterocycles. The third kappa shape index (κ3) is 2.58. The molecule has 0 amide bonds. The van der Waals surface area contributed by atoms with Crippen LogP contribution in [0.2, 0.25) is 0 Å². The van der Waals surface area contributed by atoms with Gasteiger partial charge in [0.2, 0.25) is 0 Å². The van der Waals surface area contributed by atoms with E-state index in [0.29, 0.717) is 5.56 Å². The van der Waals surface area contributed by atoms with E-state index in [1.807, 2.05) is 0 Å². The molecule has 0 spiro atoms. The van der Waals surface area contributed by atoms with Crippen molar-refractivity contribution < 1.29 is 13.6 Å². The highest BCUT2D eigenvalue weighted by molar-refractivity contribution is 7.80. The quantitative estimate of drug-likeness (QED) is 0.503. The van der Waals surface area contributed by atoms with Crippen molar-refractivity contribution in [2.24, 2.45) is 0 Å². The van der Waals surface area contributed by atoms with E-state index in [0.717, 1.165) is 6.08 Å². The van der Waals surface area contributed by atoms with E-state index in [2.05, 4.69) is 19.2 Å². The van der Waals surface area contributed by atoms with Gasteiger partial charge < -0.3 is 0 Å². The van der Waals surface area contributed by atoms with E-state index >= 15 is 0 Å². The van der Waals surface area contributed by atoms with Crippen LogP contribution in [-0.4, -0.2) is 5.78 Å². The van der Waals surface area contributed by atoms with Gasteiger partial charge in [0, 0.05) is 16.0 Å². The monoisotopic (exact) mass is 276 g/mol. The number of carbonyl (C=O) groups is 1. The summed E-state index contributed by atoms with van der Waals surface area (Å²) < 4.78 is 26.8. The molecule has 2 aromatic carbocycles. The molecule has 0 aliphatic carbocycles. The number of halogens is 2. The van der Waals surface area contributed by atoms with Crippen molar-refractivity contribution in [3.8, 4) is 11.1 Å². The van der Waals surface area contributed by atoms with E-state index in [1.165, 1.54) is 36.4 Å². The van der Waals surface area contributed by atoms with E-state index in [4.69, 9.17) is 0 Å². The number of thiol groups is 1. The number of allylic oxidation sites excluding steroid dienone is 1. The van der Waals surface area contributed by atoms with Crippen LogP contribution in [0.5, 0.6) is 0 Å². The number of hydrogen-bond acceptors (Lipinski definition) is 2. The Morgan fingerprint density at radius 3 is 2.32 bits per heavy atom. The second-order valence-electron chi connectivity index (χ2n) is 3.89. The molecule has 0 atom stereocenters. The highest BCUT2D eigenvalue weighted by Gasteiger charge is 2.15. The summed E-state index contributed by atoms with van der Waals surface area (Å²) >= 11 is 4.21. The minimum absolute atomic E-state index is 0.177. The summed E-state index contributed by atoms with van der Waals surface area (Å²) in [4.78, 5) is 11.9. The van der Waals surface area contributed by atoms with Gasteiger partial charge in [-0.2, -0.15) is 0 Å². The van der Waals surface area contributed by atoms with Crippen LogP contribution in [0.1, 0.15) is 10.4 Å². The largest absolute Gasteiger partial charge is 0.289 e. The minimum Gasteiger partial charge on any atom is -0.289 e. The summed E-state index contributed by atoms with van der Waals surface area (Å²) in [6.07, 6.45) is 1.14. The maximum Gasteiger partial charge on any atom is 0.186 e. The van der Waals surface area contributed by atoms with Gasteiger partial charge in [-0.15, -0.1) is 12.6 Å². The zero-order valence-electron chi connectivity index (χ0n) is 9.86. The van der Waals surface area contributed by atoms with Crippen LogP contribution in [0.25, 0.3) is 11.1 Å². The van der Waals surface area contributed by atoms with Gasteiger partial charge in [0.05, 0.1) is 0 Å². The minimum atomic E-state index is -0.516. The van der Waals surface area contributed by atoms with Crippen molar-refractivity contribution in [1.29, 1.82) is 0 Å². The van der Waals surface area contributed by atoms with Crippen molar-refractivity contribution in [3.05, 3.63) is 66.3 Å². The average Bonchev–Trinajstić information content (AvgIpc) is 2.40. The van der Waals surface area contributed by atoms with Crippen molar-refractivity contribution >= 4 is 18.4 Å². The topological polar surface area (TPSA) is 17.1 Å². The average molecular weight is 276 g/mol. The lowest BCUT2D eigenvalue weighted by Gasteiger charge is -2.10. The molecule has 0 N–H and O–H groups in total. The van der Waals surface area contributed by atoms with Crippen LogP contribution >= 0.6 is 12.6 Å². The van der Waals surface area contributed by atoms with Gasteiger partial charge in [0.1, 0.15) is 11.6 Å². The number of ketones is 1. The van der Waals surface area contributed by atoms with Crippen LogP contribution in [-0.2, 0) is 0 Å². The van der Waals surface area contributed by atoms with Gasteiger partial charge in [0.15, 0.2) is 5.78 Å². The molecule has 1 nitrogen and oxygen atoms in total. The zero-order valence-corrected chi connectivity index (χ0v) is 10.8. The Bertz CT molecular complexity index is 648. The summed E-state index contributed by atoms with van der Waals surface area (Å²) in [7, 11) is 0. The van der Waals surface area contributed by atoms with Crippen molar-refractivity contribution in [1.82, 2.24) is 0 Å². The number of rotatable bonds is 3. The second kappa shape index (κ2) is 5.36. The van der Waals surface area contributed by atoms with Crippen molar-refractivity contribution in [2.45, 2.75) is 4.90 Å². The first-order valence-electron chi connectivity index (χ1n) is 5.48. The lowest BCUT2D eigenvalue weighted by molar-refractivity contribution is 0.104. The van der Waals surface area contributed by atoms with Crippen LogP contribution in [0.15, 0.2) is 53.9 Å². The summed E-state index contributed by atoms with van der Waals surface area (Å²) in [6, 6.07) is 7.88. The lowest BCUT2D eigenvalue weighted by Crippen LogP contribution is -1.99.